The number of nitrogens with one attached hydrogen (secondary N) is 2. The van der Waals surface area contributed by atoms with Crippen molar-refractivity contribution in [2.24, 2.45) is 11.8 Å². The number of hydrogen-bond acceptors (Lipinski definition) is 4. The molecule has 6 heteroatoms. The fourth-order valence-corrected chi connectivity index (χ4v) is 1.81. The minimum atomic E-state index is -1.24. The van der Waals surface area contributed by atoms with E-state index in [0.29, 0.717) is 6.54 Å². The molecule has 0 radical (unpaired) electrons. The normalized spacial score (nSPS) is 28.4. The molecule has 1 amide bonds. The first-order valence-corrected chi connectivity index (χ1v) is 5.35. The number of amides is 1. The molecule has 0 unspecified atom stereocenters. The Morgan fingerprint density at radius 1 is 1.44 bits per heavy atom. The maximum Gasteiger partial charge on any atom is 0.328 e. The lowest BCUT2D eigenvalue weighted by Crippen LogP contribution is -2.50. The summed E-state index contributed by atoms with van der Waals surface area (Å²) in [5, 5.41) is 23.5. The van der Waals surface area contributed by atoms with E-state index < -0.39 is 18.1 Å². The Bertz CT molecular complexity index is 280. The van der Waals surface area contributed by atoms with Gasteiger partial charge in [-0.05, 0) is 19.4 Å². The van der Waals surface area contributed by atoms with Crippen LogP contribution in [0.2, 0.25) is 0 Å². The highest BCUT2D eigenvalue weighted by molar-refractivity contribution is 5.85. The standard InChI is InChI=1S/C10H18N2O4/c1-5-3-11-4-7(5)9(14)12-8(6(2)13)10(15)16/h5-8,11,13H,3-4H2,1-2H3,(H,12,14)(H,15,16)/t5-,6-,7-,8+/m1/s1. The van der Waals surface area contributed by atoms with Crippen LogP contribution < -0.4 is 10.6 Å². The van der Waals surface area contributed by atoms with Gasteiger partial charge in [0.25, 0.3) is 0 Å². The van der Waals surface area contributed by atoms with Gasteiger partial charge in [0.05, 0.1) is 12.0 Å². The number of carbonyl (C=O) groups excluding carboxylic acids is 1. The summed E-state index contributed by atoms with van der Waals surface area (Å²) in [6.07, 6.45) is -1.11. The number of rotatable bonds is 4. The van der Waals surface area contributed by atoms with Gasteiger partial charge < -0.3 is 20.8 Å². The molecule has 92 valence electrons. The Hall–Kier alpha value is -1.14. The van der Waals surface area contributed by atoms with Crippen LogP contribution in [0.25, 0.3) is 0 Å². The van der Waals surface area contributed by atoms with E-state index in [1.165, 1.54) is 6.92 Å². The summed E-state index contributed by atoms with van der Waals surface area (Å²) in [6.45, 7) is 4.58. The van der Waals surface area contributed by atoms with Gasteiger partial charge >= 0.3 is 5.97 Å². The van der Waals surface area contributed by atoms with E-state index >= 15 is 0 Å². The fraction of sp³-hybridized carbons (Fsp3) is 0.800. The number of aliphatic carboxylic acids is 1. The van der Waals surface area contributed by atoms with Crippen LogP contribution in [0.5, 0.6) is 0 Å². The quantitative estimate of drug-likeness (QED) is 0.486. The number of carboxylic acids is 1. The second kappa shape index (κ2) is 5.27. The van der Waals surface area contributed by atoms with Crippen molar-refractivity contribution in [2.45, 2.75) is 26.0 Å². The van der Waals surface area contributed by atoms with Crippen LogP contribution in [0.3, 0.4) is 0 Å². The molecule has 1 fully saturated rings. The van der Waals surface area contributed by atoms with Gasteiger partial charge in [0.15, 0.2) is 6.04 Å². The third-order valence-corrected chi connectivity index (χ3v) is 2.90. The van der Waals surface area contributed by atoms with Crippen molar-refractivity contribution >= 4 is 11.9 Å². The number of hydrogen-bond donors (Lipinski definition) is 4. The molecule has 0 saturated carbocycles. The minimum absolute atomic E-state index is 0.184. The van der Waals surface area contributed by atoms with Gasteiger partial charge in [-0.1, -0.05) is 6.92 Å². The van der Waals surface area contributed by atoms with E-state index in [1.54, 1.807) is 0 Å². The van der Waals surface area contributed by atoms with Gasteiger partial charge in [-0.25, -0.2) is 4.79 Å². The number of aliphatic hydroxyl groups excluding tert-OH is 1. The third-order valence-electron chi connectivity index (χ3n) is 2.90. The van der Waals surface area contributed by atoms with Gasteiger partial charge in [-0.3, -0.25) is 4.79 Å². The first kappa shape index (κ1) is 12.9. The lowest BCUT2D eigenvalue weighted by atomic mass is 9.96. The van der Waals surface area contributed by atoms with Crippen molar-refractivity contribution in [2.75, 3.05) is 13.1 Å². The average Bonchev–Trinajstić information content (AvgIpc) is 2.59. The van der Waals surface area contributed by atoms with E-state index in [-0.39, 0.29) is 17.7 Å². The summed E-state index contributed by atoms with van der Waals surface area (Å²) in [4.78, 5) is 22.5. The largest absolute Gasteiger partial charge is 0.480 e. The van der Waals surface area contributed by atoms with Crippen LogP contribution in [0, 0.1) is 11.8 Å². The summed E-state index contributed by atoms with van der Waals surface area (Å²) in [5.41, 5.74) is 0. The molecule has 0 spiro atoms. The van der Waals surface area contributed by atoms with Crippen LogP contribution in [-0.2, 0) is 9.59 Å². The zero-order valence-corrected chi connectivity index (χ0v) is 9.43. The molecule has 0 aromatic carbocycles. The Labute approximate surface area is 94.0 Å². The molecular weight excluding hydrogens is 212 g/mol. The van der Waals surface area contributed by atoms with Crippen LogP contribution in [0.4, 0.5) is 0 Å². The first-order chi connectivity index (χ1) is 7.43. The van der Waals surface area contributed by atoms with Crippen molar-refractivity contribution in [1.29, 1.82) is 0 Å². The summed E-state index contributed by atoms with van der Waals surface area (Å²) >= 11 is 0. The molecule has 0 aromatic rings. The SMILES string of the molecule is C[C@@H]1CNC[C@H]1C(=O)N[C@H](C(=O)O)[C@@H](C)O. The zero-order chi connectivity index (χ0) is 12.3. The number of aliphatic hydroxyl groups is 1. The summed E-state index contributed by atoms with van der Waals surface area (Å²) < 4.78 is 0. The Balaban J connectivity index is 2.58. The van der Waals surface area contributed by atoms with Crippen LogP contribution in [0.1, 0.15) is 13.8 Å². The Morgan fingerprint density at radius 2 is 2.06 bits per heavy atom. The van der Waals surface area contributed by atoms with Gasteiger partial charge in [0.2, 0.25) is 5.91 Å². The van der Waals surface area contributed by atoms with Crippen LogP contribution >= 0.6 is 0 Å². The fourth-order valence-electron chi connectivity index (χ4n) is 1.81. The van der Waals surface area contributed by atoms with E-state index in [1.807, 2.05) is 6.92 Å². The topological polar surface area (TPSA) is 98.7 Å². The molecule has 6 nitrogen and oxygen atoms in total. The molecule has 0 aliphatic carbocycles. The second-order valence-corrected chi connectivity index (χ2v) is 4.31. The van der Waals surface area contributed by atoms with Gasteiger partial charge in [-0.2, -0.15) is 0 Å². The molecule has 1 aliphatic heterocycles. The van der Waals surface area contributed by atoms with E-state index in [4.69, 9.17) is 5.11 Å². The monoisotopic (exact) mass is 230 g/mol. The van der Waals surface area contributed by atoms with Gasteiger partial charge in [0, 0.05) is 6.54 Å². The zero-order valence-electron chi connectivity index (χ0n) is 9.43. The highest BCUT2D eigenvalue weighted by Gasteiger charge is 2.33. The van der Waals surface area contributed by atoms with Crippen LogP contribution in [-0.4, -0.2) is 47.3 Å². The Kier molecular flexibility index (Phi) is 4.26. The molecule has 1 rings (SSSR count). The van der Waals surface area contributed by atoms with E-state index in [0.717, 1.165) is 6.54 Å². The third kappa shape index (κ3) is 2.93. The van der Waals surface area contributed by atoms with Crippen molar-refractivity contribution in [3.05, 3.63) is 0 Å². The molecule has 4 atom stereocenters. The van der Waals surface area contributed by atoms with Crippen LogP contribution in [0.15, 0.2) is 0 Å². The summed E-state index contributed by atoms with van der Waals surface area (Å²) in [5.74, 6) is -1.57. The number of carbonyl (C=O) groups is 2. The van der Waals surface area contributed by atoms with E-state index in [2.05, 4.69) is 10.6 Å². The van der Waals surface area contributed by atoms with Gasteiger partial charge in [-0.15, -0.1) is 0 Å². The van der Waals surface area contributed by atoms with Crippen molar-refractivity contribution in [1.82, 2.24) is 10.6 Å². The van der Waals surface area contributed by atoms with Crippen molar-refractivity contribution < 1.29 is 19.8 Å². The Morgan fingerprint density at radius 3 is 2.44 bits per heavy atom. The molecule has 16 heavy (non-hydrogen) atoms. The lowest BCUT2D eigenvalue weighted by Gasteiger charge is -2.20. The molecule has 1 aliphatic rings. The molecule has 0 bridgehead atoms. The number of carboxylic acid groups (broad SMARTS) is 1. The molecule has 4 N–H and O–H groups in total. The predicted molar refractivity (Wildman–Crippen MR) is 56.8 cm³/mol. The maximum atomic E-state index is 11.7. The van der Waals surface area contributed by atoms with E-state index in [9.17, 15) is 14.7 Å². The highest BCUT2D eigenvalue weighted by Crippen LogP contribution is 2.16. The van der Waals surface area contributed by atoms with Gasteiger partial charge in [0.1, 0.15) is 0 Å². The predicted octanol–water partition coefficient (Wildman–Crippen LogP) is -1.21. The molecule has 0 aromatic heterocycles. The maximum absolute atomic E-state index is 11.7. The average molecular weight is 230 g/mol. The van der Waals surface area contributed by atoms with Crippen molar-refractivity contribution in [3.63, 3.8) is 0 Å². The van der Waals surface area contributed by atoms with Crippen molar-refractivity contribution in [3.8, 4) is 0 Å². The molecule has 1 heterocycles. The highest BCUT2D eigenvalue weighted by atomic mass is 16.4. The lowest BCUT2D eigenvalue weighted by molar-refractivity contribution is -0.145. The first-order valence-electron chi connectivity index (χ1n) is 5.35. The summed E-state index contributed by atoms with van der Waals surface area (Å²) in [7, 11) is 0. The molecule has 1 saturated heterocycles. The smallest absolute Gasteiger partial charge is 0.328 e. The summed E-state index contributed by atoms with van der Waals surface area (Å²) in [6, 6.07) is -1.24. The minimum Gasteiger partial charge on any atom is -0.480 e. The molecular formula is C10H18N2O4. The second-order valence-electron chi connectivity index (χ2n) is 4.31.